The van der Waals surface area contributed by atoms with Gasteiger partial charge in [-0.1, -0.05) is 6.07 Å². The average molecular weight is 207 g/mol. The van der Waals surface area contributed by atoms with Crippen molar-refractivity contribution in [2.75, 3.05) is 6.61 Å². The zero-order chi connectivity index (χ0) is 10.8. The lowest BCUT2D eigenvalue weighted by molar-refractivity contribution is 0.317. The highest BCUT2D eigenvalue weighted by Crippen LogP contribution is 2.41. The Bertz CT molecular complexity index is 347. The third-order valence-electron chi connectivity index (χ3n) is 2.80. The van der Waals surface area contributed by atoms with Gasteiger partial charge in [-0.25, -0.2) is 0 Å². The van der Waals surface area contributed by atoms with Crippen molar-refractivity contribution < 1.29 is 9.84 Å². The molecule has 1 atom stereocenters. The van der Waals surface area contributed by atoms with Crippen LogP contribution in [0.15, 0.2) is 18.2 Å². The van der Waals surface area contributed by atoms with Crippen molar-refractivity contribution in [3.63, 3.8) is 0 Å². The zero-order valence-corrected chi connectivity index (χ0v) is 8.94. The Hall–Kier alpha value is -1.22. The molecule has 3 N–H and O–H groups in total. The van der Waals surface area contributed by atoms with E-state index < -0.39 is 0 Å². The molecule has 1 saturated carbocycles. The van der Waals surface area contributed by atoms with Gasteiger partial charge in [0.05, 0.1) is 6.61 Å². The van der Waals surface area contributed by atoms with Crippen molar-refractivity contribution in [1.82, 2.24) is 0 Å². The monoisotopic (exact) mass is 207 g/mol. The van der Waals surface area contributed by atoms with Crippen LogP contribution in [0.2, 0.25) is 0 Å². The standard InChI is InChI=1S/C12H17NO2/c1-2-15-11-7-9(5-6-10(11)14)12(13)8-3-4-8/h5-8,12,14H,2-4,13H2,1H3/t12-/m1/s1. The fraction of sp³-hybridized carbons (Fsp3) is 0.500. The summed E-state index contributed by atoms with van der Waals surface area (Å²) in [6.45, 7) is 2.45. The minimum absolute atomic E-state index is 0.0878. The number of hydrogen-bond donors (Lipinski definition) is 2. The highest BCUT2D eigenvalue weighted by Gasteiger charge is 2.29. The predicted octanol–water partition coefficient (Wildman–Crippen LogP) is 2.20. The molecular weight excluding hydrogens is 190 g/mol. The first-order valence-corrected chi connectivity index (χ1v) is 5.43. The van der Waals surface area contributed by atoms with Crippen molar-refractivity contribution in [3.8, 4) is 11.5 Å². The lowest BCUT2D eigenvalue weighted by Gasteiger charge is -2.13. The lowest BCUT2D eigenvalue weighted by Crippen LogP contribution is -2.12. The minimum Gasteiger partial charge on any atom is -0.504 e. The highest BCUT2D eigenvalue weighted by molar-refractivity contribution is 5.43. The van der Waals surface area contributed by atoms with Crippen molar-refractivity contribution >= 4 is 0 Å². The van der Waals surface area contributed by atoms with Crippen molar-refractivity contribution in [3.05, 3.63) is 23.8 Å². The second-order valence-corrected chi connectivity index (χ2v) is 4.02. The number of ether oxygens (including phenoxy) is 1. The van der Waals surface area contributed by atoms with Gasteiger partial charge in [0.25, 0.3) is 0 Å². The van der Waals surface area contributed by atoms with Crippen LogP contribution >= 0.6 is 0 Å². The summed E-state index contributed by atoms with van der Waals surface area (Å²) >= 11 is 0. The summed E-state index contributed by atoms with van der Waals surface area (Å²) in [6, 6.07) is 5.47. The van der Waals surface area contributed by atoms with Crippen molar-refractivity contribution in [2.45, 2.75) is 25.8 Å². The first-order chi connectivity index (χ1) is 7.22. The molecule has 0 saturated heterocycles. The fourth-order valence-corrected chi connectivity index (χ4v) is 1.74. The summed E-state index contributed by atoms with van der Waals surface area (Å²) in [4.78, 5) is 0. The third kappa shape index (κ3) is 2.23. The van der Waals surface area contributed by atoms with Gasteiger partial charge < -0.3 is 15.6 Å². The summed E-state index contributed by atoms with van der Waals surface area (Å²) in [5.41, 5.74) is 7.13. The predicted molar refractivity (Wildman–Crippen MR) is 58.9 cm³/mol. The minimum atomic E-state index is 0.0878. The highest BCUT2D eigenvalue weighted by atomic mass is 16.5. The molecule has 1 aromatic carbocycles. The van der Waals surface area contributed by atoms with Gasteiger partial charge in [-0.2, -0.15) is 0 Å². The lowest BCUT2D eigenvalue weighted by atomic mass is 10.0. The number of nitrogens with two attached hydrogens (primary N) is 1. The number of benzene rings is 1. The Kier molecular flexibility index (Phi) is 2.82. The van der Waals surface area contributed by atoms with Crippen LogP contribution in [-0.2, 0) is 0 Å². The Labute approximate surface area is 89.9 Å². The smallest absolute Gasteiger partial charge is 0.161 e. The largest absolute Gasteiger partial charge is 0.504 e. The van der Waals surface area contributed by atoms with E-state index in [1.807, 2.05) is 19.1 Å². The molecule has 0 aromatic heterocycles. The van der Waals surface area contributed by atoms with Crippen LogP contribution in [0.4, 0.5) is 0 Å². The molecule has 3 nitrogen and oxygen atoms in total. The van der Waals surface area contributed by atoms with E-state index in [1.54, 1.807) is 6.07 Å². The molecule has 0 amide bonds. The van der Waals surface area contributed by atoms with E-state index in [4.69, 9.17) is 10.5 Å². The molecule has 0 heterocycles. The summed E-state index contributed by atoms with van der Waals surface area (Å²) in [7, 11) is 0. The zero-order valence-electron chi connectivity index (χ0n) is 8.94. The SMILES string of the molecule is CCOc1cc([C@H](N)C2CC2)ccc1O. The maximum absolute atomic E-state index is 9.54. The number of hydrogen-bond acceptors (Lipinski definition) is 3. The normalized spacial score (nSPS) is 17.5. The molecular formula is C12H17NO2. The number of aromatic hydroxyl groups is 1. The first-order valence-electron chi connectivity index (χ1n) is 5.43. The molecule has 0 radical (unpaired) electrons. The van der Waals surface area contributed by atoms with Crippen LogP contribution in [0.25, 0.3) is 0 Å². The van der Waals surface area contributed by atoms with Gasteiger partial charge in [0.15, 0.2) is 11.5 Å². The van der Waals surface area contributed by atoms with Gasteiger partial charge in [0.1, 0.15) is 0 Å². The number of phenols is 1. The van der Waals surface area contributed by atoms with E-state index in [9.17, 15) is 5.11 Å². The van der Waals surface area contributed by atoms with Crippen molar-refractivity contribution in [2.24, 2.45) is 11.7 Å². The quantitative estimate of drug-likeness (QED) is 0.795. The molecule has 1 aliphatic carbocycles. The molecule has 2 rings (SSSR count). The average Bonchev–Trinajstić information content (AvgIpc) is 3.04. The molecule has 1 aromatic rings. The molecule has 15 heavy (non-hydrogen) atoms. The van der Waals surface area contributed by atoms with Crippen LogP contribution in [-0.4, -0.2) is 11.7 Å². The van der Waals surface area contributed by atoms with Crippen LogP contribution < -0.4 is 10.5 Å². The molecule has 82 valence electrons. The Morgan fingerprint density at radius 2 is 2.27 bits per heavy atom. The van der Waals surface area contributed by atoms with E-state index >= 15 is 0 Å². The maximum Gasteiger partial charge on any atom is 0.161 e. The second-order valence-electron chi connectivity index (χ2n) is 4.02. The molecule has 0 spiro atoms. The van der Waals surface area contributed by atoms with Gasteiger partial charge >= 0.3 is 0 Å². The summed E-state index contributed by atoms with van der Waals surface area (Å²) in [5.74, 6) is 1.33. The molecule has 0 unspecified atom stereocenters. The number of phenolic OH excluding ortho intramolecular Hbond substituents is 1. The topological polar surface area (TPSA) is 55.5 Å². The first kappa shape index (κ1) is 10.3. The van der Waals surface area contributed by atoms with Gasteiger partial charge in [0, 0.05) is 6.04 Å². The van der Waals surface area contributed by atoms with Gasteiger partial charge in [0.2, 0.25) is 0 Å². The third-order valence-corrected chi connectivity index (χ3v) is 2.80. The molecule has 0 bridgehead atoms. The van der Waals surface area contributed by atoms with E-state index in [1.165, 1.54) is 12.8 Å². The Morgan fingerprint density at radius 1 is 1.53 bits per heavy atom. The van der Waals surface area contributed by atoms with E-state index in [0.29, 0.717) is 18.3 Å². The molecule has 1 fully saturated rings. The van der Waals surface area contributed by atoms with Gasteiger partial charge in [-0.15, -0.1) is 0 Å². The molecule has 1 aliphatic rings. The summed E-state index contributed by atoms with van der Waals surface area (Å²) in [6.07, 6.45) is 2.43. The van der Waals surface area contributed by atoms with Crippen LogP contribution in [0.3, 0.4) is 0 Å². The van der Waals surface area contributed by atoms with Crippen LogP contribution in [0.1, 0.15) is 31.4 Å². The Balaban J connectivity index is 2.20. The van der Waals surface area contributed by atoms with E-state index in [0.717, 1.165) is 5.56 Å². The summed E-state index contributed by atoms with van der Waals surface area (Å²) in [5, 5.41) is 9.54. The Morgan fingerprint density at radius 3 is 2.87 bits per heavy atom. The van der Waals surface area contributed by atoms with Gasteiger partial charge in [-0.3, -0.25) is 0 Å². The summed E-state index contributed by atoms with van der Waals surface area (Å²) < 4.78 is 5.32. The van der Waals surface area contributed by atoms with Crippen LogP contribution in [0.5, 0.6) is 11.5 Å². The van der Waals surface area contributed by atoms with Gasteiger partial charge in [-0.05, 0) is 43.4 Å². The fourth-order valence-electron chi connectivity index (χ4n) is 1.74. The second kappa shape index (κ2) is 4.11. The van der Waals surface area contributed by atoms with E-state index in [-0.39, 0.29) is 11.8 Å². The van der Waals surface area contributed by atoms with E-state index in [2.05, 4.69) is 0 Å². The molecule has 0 aliphatic heterocycles. The maximum atomic E-state index is 9.54. The van der Waals surface area contributed by atoms with Crippen LogP contribution in [0, 0.1) is 5.92 Å². The number of rotatable bonds is 4. The van der Waals surface area contributed by atoms with Crippen molar-refractivity contribution in [1.29, 1.82) is 0 Å². The molecule has 3 heteroatoms.